The molecular formula is C23H39N3O2S. The average molecular weight is 422 g/mol. The molecule has 1 amide bonds. The minimum absolute atomic E-state index is 0.00814. The van der Waals surface area contributed by atoms with Gasteiger partial charge in [0.15, 0.2) is 5.13 Å². The van der Waals surface area contributed by atoms with Crippen LogP contribution in [-0.4, -0.2) is 46.6 Å². The first kappa shape index (κ1) is 22.7. The Kier molecular flexibility index (Phi) is 9.91. The molecule has 0 spiro atoms. The standard InChI is InChI=1S/C23H39N3O2S/c27-17-16-26(19-12-8-7-9-13-19)18-22(28)25-23-24-20-14-10-5-3-1-2-4-6-11-15-21(20)29-23/h19,27H,1-18H2,(H,24,25,28). The van der Waals surface area contributed by atoms with E-state index in [0.29, 0.717) is 19.1 Å². The third-order valence-corrected chi connectivity index (χ3v) is 7.49. The molecule has 0 bridgehead atoms. The molecule has 1 aromatic rings. The summed E-state index contributed by atoms with van der Waals surface area (Å²) in [6.45, 7) is 1.04. The minimum atomic E-state index is 0.00814. The molecule has 1 fully saturated rings. The molecule has 0 saturated heterocycles. The first-order valence-corrected chi connectivity index (χ1v) is 12.7. The lowest BCUT2D eigenvalue weighted by molar-refractivity contribution is -0.118. The van der Waals surface area contributed by atoms with Crippen LogP contribution in [0.5, 0.6) is 0 Å². The molecule has 0 aliphatic heterocycles. The number of thiazole rings is 1. The molecule has 0 unspecified atom stereocenters. The molecule has 0 radical (unpaired) electrons. The predicted molar refractivity (Wildman–Crippen MR) is 121 cm³/mol. The van der Waals surface area contributed by atoms with Gasteiger partial charge in [0, 0.05) is 17.5 Å². The molecule has 5 nitrogen and oxygen atoms in total. The van der Waals surface area contributed by atoms with E-state index in [2.05, 4.69) is 10.2 Å². The van der Waals surface area contributed by atoms with Crippen molar-refractivity contribution in [3.8, 4) is 0 Å². The van der Waals surface area contributed by atoms with Crippen LogP contribution in [0, 0.1) is 0 Å². The Hall–Kier alpha value is -0.980. The molecule has 3 rings (SSSR count). The van der Waals surface area contributed by atoms with Crippen LogP contribution < -0.4 is 5.32 Å². The van der Waals surface area contributed by atoms with Gasteiger partial charge in [-0.1, -0.05) is 57.8 Å². The number of anilines is 1. The number of carbonyl (C=O) groups is 1. The van der Waals surface area contributed by atoms with Gasteiger partial charge in [-0.25, -0.2) is 4.98 Å². The second-order valence-electron chi connectivity index (χ2n) is 8.75. The lowest BCUT2D eigenvalue weighted by atomic mass is 9.94. The maximum atomic E-state index is 12.7. The van der Waals surface area contributed by atoms with Crippen LogP contribution in [0.15, 0.2) is 0 Å². The highest BCUT2D eigenvalue weighted by Crippen LogP contribution is 2.28. The normalized spacial score (nSPS) is 19.9. The summed E-state index contributed by atoms with van der Waals surface area (Å²) in [7, 11) is 0. The number of nitrogens with one attached hydrogen (secondary N) is 1. The number of fused-ring (bicyclic) bond motifs is 1. The van der Waals surface area contributed by atoms with Crippen LogP contribution in [-0.2, 0) is 17.6 Å². The number of hydrogen-bond donors (Lipinski definition) is 2. The van der Waals surface area contributed by atoms with Crippen molar-refractivity contribution < 1.29 is 9.90 Å². The zero-order valence-electron chi connectivity index (χ0n) is 18.0. The van der Waals surface area contributed by atoms with Crippen LogP contribution >= 0.6 is 11.3 Å². The van der Waals surface area contributed by atoms with Gasteiger partial charge in [-0.3, -0.25) is 9.69 Å². The second-order valence-corrected chi connectivity index (χ2v) is 9.84. The Balaban J connectivity index is 1.58. The maximum Gasteiger partial charge on any atom is 0.240 e. The number of carbonyl (C=O) groups excluding carboxylic acids is 1. The molecule has 6 heteroatoms. The number of hydrogen-bond acceptors (Lipinski definition) is 5. The van der Waals surface area contributed by atoms with E-state index in [1.54, 1.807) is 11.3 Å². The Morgan fingerprint density at radius 3 is 2.28 bits per heavy atom. The van der Waals surface area contributed by atoms with Gasteiger partial charge in [-0.2, -0.15) is 0 Å². The van der Waals surface area contributed by atoms with Crippen LogP contribution in [0.1, 0.15) is 94.0 Å². The van der Waals surface area contributed by atoms with E-state index in [-0.39, 0.29) is 12.5 Å². The third-order valence-electron chi connectivity index (χ3n) is 6.42. The van der Waals surface area contributed by atoms with Gasteiger partial charge >= 0.3 is 0 Å². The molecule has 29 heavy (non-hydrogen) atoms. The second kappa shape index (κ2) is 12.7. The van der Waals surface area contributed by atoms with Crippen molar-refractivity contribution >= 4 is 22.4 Å². The zero-order chi connectivity index (χ0) is 20.3. The summed E-state index contributed by atoms with van der Waals surface area (Å²) in [5, 5.41) is 13.3. The number of rotatable bonds is 6. The molecular weight excluding hydrogens is 382 g/mol. The van der Waals surface area contributed by atoms with Gasteiger partial charge in [0.25, 0.3) is 0 Å². The van der Waals surface area contributed by atoms with Crippen molar-refractivity contribution in [1.29, 1.82) is 0 Å². The summed E-state index contributed by atoms with van der Waals surface area (Å²) >= 11 is 1.68. The molecule has 0 aromatic carbocycles. The first-order valence-electron chi connectivity index (χ1n) is 11.9. The van der Waals surface area contributed by atoms with E-state index < -0.39 is 0 Å². The van der Waals surface area contributed by atoms with Crippen molar-refractivity contribution in [3.63, 3.8) is 0 Å². The van der Waals surface area contributed by atoms with Gasteiger partial charge in [-0.05, 0) is 38.5 Å². The minimum Gasteiger partial charge on any atom is -0.395 e. The number of aromatic nitrogens is 1. The number of aliphatic hydroxyl groups excluding tert-OH is 1. The third kappa shape index (κ3) is 7.65. The number of amides is 1. The summed E-state index contributed by atoms with van der Waals surface area (Å²) in [4.78, 5) is 21.1. The van der Waals surface area contributed by atoms with E-state index in [0.717, 1.165) is 30.8 Å². The number of aliphatic hydroxyl groups is 1. The maximum absolute atomic E-state index is 12.7. The number of nitrogens with zero attached hydrogens (tertiary/aromatic N) is 2. The highest BCUT2D eigenvalue weighted by Gasteiger charge is 2.23. The Morgan fingerprint density at radius 1 is 0.966 bits per heavy atom. The van der Waals surface area contributed by atoms with Crippen LogP contribution in [0.4, 0.5) is 5.13 Å². The molecule has 1 saturated carbocycles. The monoisotopic (exact) mass is 421 g/mol. The van der Waals surface area contributed by atoms with Crippen LogP contribution in [0.2, 0.25) is 0 Å². The summed E-state index contributed by atoms with van der Waals surface area (Å²) in [6, 6.07) is 0.429. The van der Waals surface area contributed by atoms with E-state index in [9.17, 15) is 9.90 Å². The van der Waals surface area contributed by atoms with Crippen molar-refractivity contribution in [2.45, 2.75) is 102 Å². The Bertz CT molecular complexity index is 584. The molecule has 164 valence electrons. The zero-order valence-corrected chi connectivity index (χ0v) is 18.8. The quantitative estimate of drug-likeness (QED) is 0.684. The molecule has 2 aliphatic carbocycles. The van der Waals surface area contributed by atoms with E-state index >= 15 is 0 Å². The van der Waals surface area contributed by atoms with Crippen molar-refractivity contribution in [1.82, 2.24) is 9.88 Å². The fourth-order valence-corrected chi connectivity index (χ4v) is 5.84. The summed E-state index contributed by atoms with van der Waals surface area (Å²) in [5.41, 5.74) is 1.21. The first-order chi connectivity index (χ1) is 14.3. The number of aryl methyl sites for hydroxylation is 2. The molecule has 1 aromatic heterocycles. The smallest absolute Gasteiger partial charge is 0.240 e. The molecule has 2 aliphatic rings. The predicted octanol–water partition coefficient (Wildman–Crippen LogP) is 4.93. The molecule has 0 atom stereocenters. The van der Waals surface area contributed by atoms with Gasteiger partial charge in [0.05, 0.1) is 18.8 Å². The van der Waals surface area contributed by atoms with Crippen LogP contribution in [0.3, 0.4) is 0 Å². The van der Waals surface area contributed by atoms with E-state index in [1.165, 1.54) is 81.2 Å². The lowest BCUT2D eigenvalue weighted by Crippen LogP contribution is -2.43. The van der Waals surface area contributed by atoms with Gasteiger partial charge < -0.3 is 10.4 Å². The average Bonchev–Trinajstić information content (AvgIpc) is 3.09. The molecule has 2 N–H and O–H groups in total. The Morgan fingerprint density at radius 2 is 1.59 bits per heavy atom. The van der Waals surface area contributed by atoms with Crippen molar-refractivity contribution in [2.75, 3.05) is 25.0 Å². The van der Waals surface area contributed by atoms with E-state index in [1.807, 2.05) is 0 Å². The highest BCUT2D eigenvalue weighted by atomic mass is 32.1. The van der Waals surface area contributed by atoms with Crippen LogP contribution in [0.25, 0.3) is 0 Å². The highest BCUT2D eigenvalue weighted by molar-refractivity contribution is 7.15. The Labute approximate surface area is 180 Å². The van der Waals surface area contributed by atoms with Gasteiger partial charge in [0.2, 0.25) is 5.91 Å². The van der Waals surface area contributed by atoms with Gasteiger partial charge in [-0.15, -0.1) is 11.3 Å². The van der Waals surface area contributed by atoms with Crippen molar-refractivity contribution in [2.24, 2.45) is 0 Å². The summed E-state index contributed by atoms with van der Waals surface area (Å²) in [5.74, 6) is 0.00814. The topological polar surface area (TPSA) is 65.5 Å². The fourth-order valence-electron chi connectivity index (χ4n) is 4.77. The van der Waals surface area contributed by atoms with E-state index in [4.69, 9.17) is 4.98 Å². The fraction of sp³-hybridized carbons (Fsp3) is 0.826. The summed E-state index contributed by atoms with van der Waals surface area (Å²) in [6.07, 6.45) is 18.6. The molecule has 1 heterocycles. The lowest BCUT2D eigenvalue weighted by Gasteiger charge is -2.33. The SMILES string of the molecule is O=C(CN(CCO)C1CCCCC1)Nc1nc2c(s1)CCCCCCCCCC2. The van der Waals surface area contributed by atoms with Gasteiger partial charge in [0.1, 0.15) is 0 Å². The largest absolute Gasteiger partial charge is 0.395 e. The summed E-state index contributed by atoms with van der Waals surface area (Å²) < 4.78 is 0. The van der Waals surface area contributed by atoms with Crippen molar-refractivity contribution in [3.05, 3.63) is 10.6 Å².